The van der Waals surface area contributed by atoms with Crippen LogP contribution in [0.4, 0.5) is 0 Å². The molecule has 0 aliphatic carbocycles. The molecule has 0 aromatic heterocycles. The molecule has 0 saturated carbocycles. The van der Waals surface area contributed by atoms with Crippen molar-refractivity contribution in [1.29, 1.82) is 0 Å². The summed E-state index contributed by atoms with van der Waals surface area (Å²) in [6.07, 6.45) is 13.2. The normalized spacial score (nSPS) is 26.8. The van der Waals surface area contributed by atoms with Crippen molar-refractivity contribution < 1.29 is 9.53 Å². The Morgan fingerprint density at radius 3 is 2.00 bits per heavy atom. The number of ether oxygens (including phenoxy) is 1. The third kappa shape index (κ3) is 6.86. The van der Waals surface area contributed by atoms with Crippen molar-refractivity contribution in [3.8, 4) is 0 Å². The van der Waals surface area contributed by atoms with Crippen molar-refractivity contribution in [3.63, 3.8) is 0 Å². The molecule has 2 heteroatoms. The van der Waals surface area contributed by atoms with Gasteiger partial charge in [0.15, 0.2) is 0 Å². The number of carbonyl (C=O) groups is 1. The van der Waals surface area contributed by atoms with E-state index in [4.69, 9.17) is 4.74 Å². The second kappa shape index (κ2) is 8.60. The molecule has 94 valence electrons. The van der Waals surface area contributed by atoms with Crippen molar-refractivity contribution >= 4 is 5.97 Å². The van der Waals surface area contributed by atoms with Gasteiger partial charge in [0.25, 0.3) is 0 Å². The van der Waals surface area contributed by atoms with E-state index in [2.05, 4.69) is 0 Å². The van der Waals surface area contributed by atoms with Crippen LogP contribution in [0.15, 0.2) is 0 Å². The van der Waals surface area contributed by atoms with E-state index in [1.807, 2.05) is 6.92 Å². The fourth-order valence-electron chi connectivity index (χ4n) is 2.28. The molecule has 1 atom stereocenters. The van der Waals surface area contributed by atoms with E-state index in [0.29, 0.717) is 6.42 Å². The van der Waals surface area contributed by atoms with E-state index in [1.165, 1.54) is 51.4 Å². The van der Waals surface area contributed by atoms with Gasteiger partial charge in [-0.2, -0.15) is 0 Å². The van der Waals surface area contributed by atoms with Gasteiger partial charge < -0.3 is 4.74 Å². The lowest BCUT2D eigenvalue weighted by atomic mass is 10.0. The number of esters is 1. The standard InChI is InChI=1S/C14H26O2/c1-13-11-9-7-5-3-2-4-6-8-10-12-14(15)16-13/h13H,2-12H2,1H3. The molecule has 1 aliphatic heterocycles. The Hall–Kier alpha value is -0.530. The van der Waals surface area contributed by atoms with E-state index in [1.54, 1.807) is 0 Å². The molecule has 2 nitrogen and oxygen atoms in total. The summed E-state index contributed by atoms with van der Waals surface area (Å²) < 4.78 is 5.36. The molecule has 1 fully saturated rings. The fourth-order valence-corrected chi connectivity index (χ4v) is 2.28. The summed E-state index contributed by atoms with van der Waals surface area (Å²) in [4.78, 5) is 11.4. The van der Waals surface area contributed by atoms with E-state index < -0.39 is 0 Å². The van der Waals surface area contributed by atoms with Crippen molar-refractivity contribution in [3.05, 3.63) is 0 Å². The lowest BCUT2D eigenvalue weighted by Crippen LogP contribution is -2.14. The smallest absolute Gasteiger partial charge is 0.306 e. The molecule has 0 aromatic carbocycles. The number of hydrogen-bond acceptors (Lipinski definition) is 2. The van der Waals surface area contributed by atoms with Crippen LogP contribution in [0.3, 0.4) is 0 Å². The van der Waals surface area contributed by atoms with Crippen LogP contribution in [0.25, 0.3) is 0 Å². The maximum absolute atomic E-state index is 11.4. The predicted molar refractivity (Wildman–Crippen MR) is 66.3 cm³/mol. The largest absolute Gasteiger partial charge is 0.463 e. The van der Waals surface area contributed by atoms with E-state index in [9.17, 15) is 4.79 Å². The first-order chi connectivity index (χ1) is 7.79. The second-order valence-corrected chi connectivity index (χ2v) is 5.02. The molecule has 0 spiro atoms. The zero-order valence-corrected chi connectivity index (χ0v) is 10.7. The number of carbonyl (C=O) groups excluding carboxylic acids is 1. The van der Waals surface area contributed by atoms with Crippen molar-refractivity contribution in [2.24, 2.45) is 0 Å². The summed E-state index contributed by atoms with van der Waals surface area (Å²) in [6.45, 7) is 2.02. The number of hydrogen-bond donors (Lipinski definition) is 0. The first-order valence-corrected chi connectivity index (χ1v) is 6.98. The van der Waals surface area contributed by atoms with Gasteiger partial charge in [0.05, 0.1) is 6.10 Å². The van der Waals surface area contributed by atoms with Gasteiger partial charge in [0.2, 0.25) is 0 Å². The van der Waals surface area contributed by atoms with Gasteiger partial charge in [-0.3, -0.25) is 4.79 Å². The molecule has 0 bridgehead atoms. The zero-order chi connectivity index (χ0) is 11.6. The van der Waals surface area contributed by atoms with E-state index >= 15 is 0 Å². The highest BCUT2D eigenvalue weighted by Gasteiger charge is 2.09. The van der Waals surface area contributed by atoms with Gasteiger partial charge >= 0.3 is 5.97 Å². The minimum absolute atomic E-state index is 0.00422. The van der Waals surface area contributed by atoms with Crippen LogP contribution in [0, 0.1) is 0 Å². The van der Waals surface area contributed by atoms with Crippen LogP contribution in [-0.2, 0) is 9.53 Å². The highest BCUT2D eigenvalue weighted by atomic mass is 16.5. The quantitative estimate of drug-likeness (QED) is 0.578. The van der Waals surface area contributed by atoms with Gasteiger partial charge in [-0.15, -0.1) is 0 Å². The zero-order valence-electron chi connectivity index (χ0n) is 10.7. The van der Waals surface area contributed by atoms with Crippen LogP contribution in [0.5, 0.6) is 0 Å². The SMILES string of the molecule is CC1CCCCCCCCCCCC(=O)O1. The highest BCUT2D eigenvalue weighted by molar-refractivity contribution is 5.69. The minimum atomic E-state index is 0.00422. The molecule has 0 aromatic rings. The Morgan fingerprint density at radius 1 is 0.875 bits per heavy atom. The number of rotatable bonds is 0. The first-order valence-electron chi connectivity index (χ1n) is 6.98. The Balaban J connectivity index is 2.23. The number of cyclic esters (lactones) is 1. The van der Waals surface area contributed by atoms with Gasteiger partial charge in [0, 0.05) is 6.42 Å². The molecule has 16 heavy (non-hydrogen) atoms. The van der Waals surface area contributed by atoms with Gasteiger partial charge in [-0.05, 0) is 26.2 Å². The van der Waals surface area contributed by atoms with Gasteiger partial charge in [-0.1, -0.05) is 44.9 Å². The molecular weight excluding hydrogens is 200 g/mol. The molecular formula is C14H26O2. The molecule has 1 rings (SSSR count). The topological polar surface area (TPSA) is 26.3 Å². The lowest BCUT2D eigenvalue weighted by Gasteiger charge is -2.13. The maximum Gasteiger partial charge on any atom is 0.306 e. The monoisotopic (exact) mass is 226 g/mol. The highest BCUT2D eigenvalue weighted by Crippen LogP contribution is 2.14. The Morgan fingerprint density at radius 2 is 1.38 bits per heavy atom. The van der Waals surface area contributed by atoms with Crippen LogP contribution in [-0.4, -0.2) is 12.1 Å². The molecule has 1 aliphatic rings. The van der Waals surface area contributed by atoms with E-state index in [0.717, 1.165) is 12.8 Å². The van der Waals surface area contributed by atoms with Gasteiger partial charge in [0.1, 0.15) is 0 Å². The third-order valence-corrected chi connectivity index (χ3v) is 3.32. The summed E-state index contributed by atoms with van der Waals surface area (Å²) >= 11 is 0. The summed E-state index contributed by atoms with van der Waals surface area (Å²) in [6, 6.07) is 0. The fraction of sp³-hybridized carbons (Fsp3) is 0.929. The third-order valence-electron chi connectivity index (χ3n) is 3.32. The summed E-state index contributed by atoms with van der Waals surface area (Å²) in [5, 5.41) is 0. The maximum atomic E-state index is 11.4. The van der Waals surface area contributed by atoms with Crippen molar-refractivity contribution in [1.82, 2.24) is 0 Å². The predicted octanol–water partition coefficient (Wildman–Crippen LogP) is 4.22. The van der Waals surface area contributed by atoms with Crippen LogP contribution in [0.2, 0.25) is 0 Å². The summed E-state index contributed by atoms with van der Waals surface area (Å²) in [7, 11) is 0. The van der Waals surface area contributed by atoms with Crippen LogP contribution in [0.1, 0.15) is 77.6 Å². The summed E-state index contributed by atoms with van der Waals surface area (Å²) in [5.74, 6) is 0.00422. The first kappa shape index (κ1) is 13.5. The average molecular weight is 226 g/mol. The van der Waals surface area contributed by atoms with Crippen LogP contribution < -0.4 is 0 Å². The molecule has 1 saturated heterocycles. The van der Waals surface area contributed by atoms with Crippen molar-refractivity contribution in [2.45, 2.75) is 83.7 Å². The van der Waals surface area contributed by atoms with Gasteiger partial charge in [-0.25, -0.2) is 0 Å². The molecule has 1 heterocycles. The van der Waals surface area contributed by atoms with Crippen LogP contribution >= 0.6 is 0 Å². The van der Waals surface area contributed by atoms with Crippen molar-refractivity contribution in [2.75, 3.05) is 0 Å². The Kier molecular flexibility index (Phi) is 7.28. The Labute approximate surface area is 99.8 Å². The summed E-state index contributed by atoms with van der Waals surface area (Å²) in [5.41, 5.74) is 0. The average Bonchev–Trinajstić information content (AvgIpc) is 2.25. The van der Waals surface area contributed by atoms with E-state index in [-0.39, 0.29) is 12.1 Å². The minimum Gasteiger partial charge on any atom is -0.463 e. The molecule has 0 radical (unpaired) electrons. The molecule has 1 unspecified atom stereocenters. The molecule has 0 N–H and O–H groups in total. The molecule has 0 amide bonds. The lowest BCUT2D eigenvalue weighted by molar-refractivity contribution is -0.148. The Bertz CT molecular complexity index is 189. The second-order valence-electron chi connectivity index (χ2n) is 5.02.